The zero-order valence-electron chi connectivity index (χ0n) is 10.3. The number of rotatable bonds is 6. The van der Waals surface area contributed by atoms with E-state index in [1.165, 1.54) is 5.56 Å². The molecule has 0 fully saturated rings. The fourth-order valence-corrected chi connectivity index (χ4v) is 1.74. The first-order chi connectivity index (χ1) is 7.77. The summed E-state index contributed by atoms with van der Waals surface area (Å²) in [5, 5.41) is 11.2. The van der Waals surface area contributed by atoms with E-state index in [0.29, 0.717) is 5.84 Å². The second-order valence-electron chi connectivity index (χ2n) is 4.10. The molecule has 0 aliphatic rings. The molecule has 1 aromatic rings. The van der Waals surface area contributed by atoms with E-state index in [0.717, 1.165) is 25.7 Å². The molecule has 2 nitrogen and oxygen atoms in total. The Hall–Kier alpha value is -1.31. The van der Waals surface area contributed by atoms with Crippen molar-refractivity contribution in [2.24, 2.45) is 0 Å². The molecule has 0 saturated heterocycles. The van der Waals surface area contributed by atoms with Crippen LogP contribution in [0.5, 0.6) is 0 Å². The summed E-state index contributed by atoms with van der Waals surface area (Å²) in [6, 6.07) is 10.6. The van der Waals surface area contributed by atoms with Gasteiger partial charge in [-0.25, -0.2) is 0 Å². The van der Waals surface area contributed by atoms with E-state index in [-0.39, 0.29) is 6.04 Å². The highest BCUT2D eigenvalue weighted by atomic mass is 15.0. The zero-order chi connectivity index (χ0) is 11.8. The average molecular weight is 218 g/mol. The molecule has 0 aliphatic heterocycles. The van der Waals surface area contributed by atoms with Gasteiger partial charge in [-0.15, -0.1) is 0 Å². The molecule has 1 unspecified atom stereocenters. The molecule has 1 rings (SSSR count). The van der Waals surface area contributed by atoms with Crippen molar-refractivity contribution in [1.82, 2.24) is 5.32 Å². The number of amidine groups is 1. The SMILES string of the molecule is CCCCC(=N)NC(CC)c1ccccc1. The van der Waals surface area contributed by atoms with E-state index in [1.54, 1.807) is 0 Å². The van der Waals surface area contributed by atoms with Crippen LogP contribution in [0.2, 0.25) is 0 Å². The molecule has 16 heavy (non-hydrogen) atoms. The summed E-state index contributed by atoms with van der Waals surface area (Å²) in [6.07, 6.45) is 4.11. The Kier molecular flexibility index (Phi) is 5.62. The van der Waals surface area contributed by atoms with Gasteiger partial charge in [0.15, 0.2) is 0 Å². The minimum absolute atomic E-state index is 0.283. The Morgan fingerprint density at radius 2 is 1.94 bits per heavy atom. The van der Waals surface area contributed by atoms with E-state index >= 15 is 0 Å². The number of benzene rings is 1. The van der Waals surface area contributed by atoms with Gasteiger partial charge in [-0.1, -0.05) is 50.6 Å². The van der Waals surface area contributed by atoms with E-state index in [9.17, 15) is 0 Å². The fourth-order valence-electron chi connectivity index (χ4n) is 1.74. The van der Waals surface area contributed by atoms with Crippen LogP contribution in [-0.2, 0) is 0 Å². The monoisotopic (exact) mass is 218 g/mol. The van der Waals surface area contributed by atoms with Gasteiger partial charge in [0.25, 0.3) is 0 Å². The lowest BCUT2D eigenvalue weighted by atomic mass is 10.0. The third kappa shape index (κ3) is 4.05. The summed E-state index contributed by atoms with van der Waals surface area (Å²) in [6.45, 7) is 4.31. The smallest absolute Gasteiger partial charge is 0.0936 e. The van der Waals surface area contributed by atoms with Crippen molar-refractivity contribution in [1.29, 1.82) is 5.41 Å². The van der Waals surface area contributed by atoms with Crippen LogP contribution in [0.25, 0.3) is 0 Å². The van der Waals surface area contributed by atoms with Crippen LogP contribution in [-0.4, -0.2) is 5.84 Å². The molecule has 1 atom stereocenters. The lowest BCUT2D eigenvalue weighted by Gasteiger charge is -2.19. The second-order valence-corrected chi connectivity index (χ2v) is 4.10. The van der Waals surface area contributed by atoms with E-state index in [4.69, 9.17) is 5.41 Å². The highest BCUT2D eigenvalue weighted by Gasteiger charge is 2.09. The Labute approximate surface area is 98.6 Å². The van der Waals surface area contributed by atoms with Gasteiger partial charge in [0, 0.05) is 6.42 Å². The minimum atomic E-state index is 0.283. The van der Waals surface area contributed by atoms with Crippen molar-refractivity contribution in [3.8, 4) is 0 Å². The minimum Gasteiger partial charge on any atom is -0.367 e. The Morgan fingerprint density at radius 1 is 1.25 bits per heavy atom. The maximum atomic E-state index is 7.86. The molecule has 0 spiro atoms. The lowest BCUT2D eigenvalue weighted by Crippen LogP contribution is -2.27. The average Bonchev–Trinajstić information content (AvgIpc) is 2.34. The zero-order valence-corrected chi connectivity index (χ0v) is 10.3. The maximum absolute atomic E-state index is 7.86. The number of unbranched alkanes of at least 4 members (excludes halogenated alkanes) is 1. The first-order valence-corrected chi connectivity index (χ1v) is 6.16. The summed E-state index contributed by atoms with van der Waals surface area (Å²) in [5.41, 5.74) is 1.27. The first-order valence-electron chi connectivity index (χ1n) is 6.16. The molecule has 0 saturated carbocycles. The van der Waals surface area contributed by atoms with Crippen molar-refractivity contribution in [2.75, 3.05) is 0 Å². The Balaban J connectivity index is 2.52. The molecule has 0 aromatic heterocycles. The Morgan fingerprint density at radius 3 is 2.50 bits per heavy atom. The van der Waals surface area contributed by atoms with Crippen molar-refractivity contribution in [3.63, 3.8) is 0 Å². The lowest BCUT2D eigenvalue weighted by molar-refractivity contribution is 0.611. The molecule has 1 aromatic carbocycles. The van der Waals surface area contributed by atoms with Gasteiger partial charge in [-0.2, -0.15) is 0 Å². The van der Waals surface area contributed by atoms with Crippen molar-refractivity contribution < 1.29 is 0 Å². The molecule has 0 amide bonds. The van der Waals surface area contributed by atoms with Crippen LogP contribution in [0, 0.1) is 5.41 Å². The quantitative estimate of drug-likeness (QED) is 0.551. The number of hydrogen-bond acceptors (Lipinski definition) is 1. The van der Waals surface area contributed by atoms with Crippen LogP contribution in [0.4, 0.5) is 0 Å². The normalized spacial score (nSPS) is 12.1. The van der Waals surface area contributed by atoms with Crippen LogP contribution in [0.3, 0.4) is 0 Å². The molecular formula is C14H22N2. The standard InChI is InChI=1S/C14H22N2/c1-3-5-11-14(15)16-13(4-2)12-9-7-6-8-10-12/h6-10,13H,3-5,11H2,1-2H3,(H2,15,16). The first kappa shape index (κ1) is 12.8. The molecule has 0 heterocycles. The predicted octanol–water partition coefficient (Wildman–Crippen LogP) is 3.89. The topological polar surface area (TPSA) is 35.9 Å². The van der Waals surface area contributed by atoms with Crippen LogP contribution < -0.4 is 5.32 Å². The second kappa shape index (κ2) is 7.04. The predicted molar refractivity (Wildman–Crippen MR) is 69.9 cm³/mol. The Bertz CT molecular complexity index is 306. The van der Waals surface area contributed by atoms with Gasteiger partial charge in [0.2, 0.25) is 0 Å². The molecular weight excluding hydrogens is 196 g/mol. The highest BCUT2D eigenvalue weighted by Crippen LogP contribution is 2.16. The third-order valence-electron chi connectivity index (χ3n) is 2.74. The van der Waals surface area contributed by atoms with E-state index in [1.807, 2.05) is 6.07 Å². The summed E-state index contributed by atoms with van der Waals surface area (Å²) in [5.74, 6) is 0.664. The third-order valence-corrected chi connectivity index (χ3v) is 2.74. The summed E-state index contributed by atoms with van der Waals surface area (Å²) in [4.78, 5) is 0. The fraction of sp³-hybridized carbons (Fsp3) is 0.500. The van der Waals surface area contributed by atoms with E-state index in [2.05, 4.69) is 43.4 Å². The van der Waals surface area contributed by atoms with Gasteiger partial charge in [0.1, 0.15) is 0 Å². The summed E-state index contributed by atoms with van der Waals surface area (Å²) in [7, 11) is 0. The van der Waals surface area contributed by atoms with Crippen LogP contribution in [0.1, 0.15) is 51.1 Å². The molecule has 0 aliphatic carbocycles. The summed E-state index contributed by atoms with van der Waals surface area (Å²) >= 11 is 0. The molecule has 0 radical (unpaired) electrons. The van der Waals surface area contributed by atoms with Crippen LogP contribution >= 0.6 is 0 Å². The molecule has 2 N–H and O–H groups in total. The van der Waals surface area contributed by atoms with Gasteiger partial charge in [-0.3, -0.25) is 5.41 Å². The van der Waals surface area contributed by atoms with Gasteiger partial charge >= 0.3 is 0 Å². The van der Waals surface area contributed by atoms with Gasteiger partial charge in [-0.05, 0) is 18.4 Å². The van der Waals surface area contributed by atoms with Crippen molar-refractivity contribution in [2.45, 2.75) is 45.6 Å². The van der Waals surface area contributed by atoms with E-state index < -0.39 is 0 Å². The molecule has 88 valence electrons. The number of hydrogen-bond donors (Lipinski definition) is 2. The molecule has 2 heteroatoms. The van der Waals surface area contributed by atoms with Crippen molar-refractivity contribution in [3.05, 3.63) is 35.9 Å². The van der Waals surface area contributed by atoms with Gasteiger partial charge < -0.3 is 5.32 Å². The van der Waals surface area contributed by atoms with Gasteiger partial charge in [0.05, 0.1) is 11.9 Å². The van der Waals surface area contributed by atoms with Crippen LogP contribution in [0.15, 0.2) is 30.3 Å². The van der Waals surface area contributed by atoms with Crippen molar-refractivity contribution >= 4 is 5.84 Å². The highest BCUT2D eigenvalue weighted by molar-refractivity contribution is 5.79. The summed E-state index contributed by atoms with van der Waals surface area (Å²) < 4.78 is 0. The maximum Gasteiger partial charge on any atom is 0.0936 e. The number of nitrogens with one attached hydrogen (secondary N) is 2. The molecule has 0 bridgehead atoms. The largest absolute Gasteiger partial charge is 0.367 e.